The van der Waals surface area contributed by atoms with Gasteiger partial charge in [0.25, 0.3) is 5.91 Å². The molecule has 0 spiro atoms. The van der Waals surface area contributed by atoms with E-state index in [1.807, 2.05) is 31.2 Å². The first-order valence-electron chi connectivity index (χ1n) is 11.8. The van der Waals surface area contributed by atoms with E-state index in [9.17, 15) is 4.79 Å². The van der Waals surface area contributed by atoms with Gasteiger partial charge in [0.15, 0.2) is 0 Å². The van der Waals surface area contributed by atoms with Gasteiger partial charge in [-0.15, -0.1) is 0 Å². The standard InChI is InChI=1S/C20H25ClN2O.C6H12O/c1-13-10-16(21)8-9-17(13)19-11-18(20(22)24)14(2)23(19)12-15-6-4-3-5-7-15;7-6-4-2-1-3-5-6/h8-11,15H,3-7,12H2,1-2H3,(H2,22,24);6-7H,1-5H2. The molecule has 1 amide bonds. The fourth-order valence-electron chi connectivity index (χ4n) is 4.98. The van der Waals surface area contributed by atoms with Crippen molar-refractivity contribution in [2.45, 2.75) is 90.7 Å². The van der Waals surface area contributed by atoms with Crippen molar-refractivity contribution in [3.8, 4) is 11.3 Å². The van der Waals surface area contributed by atoms with Gasteiger partial charge in [-0.2, -0.15) is 0 Å². The summed E-state index contributed by atoms with van der Waals surface area (Å²) in [6.45, 7) is 5.01. The largest absolute Gasteiger partial charge is 0.393 e. The minimum absolute atomic E-state index is 0.0359. The Kier molecular flexibility index (Phi) is 8.62. The van der Waals surface area contributed by atoms with Crippen LogP contribution in [0.3, 0.4) is 0 Å². The van der Waals surface area contributed by atoms with Crippen LogP contribution in [0, 0.1) is 19.8 Å². The monoisotopic (exact) mass is 444 g/mol. The van der Waals surface area contributed by atoms with Gasteiger partial charge in [-0.3, -0.25) is 4.79 Å². The highest BCUT2D eigenvalue weighted by atomic mass is 35.5. The van der Waals surface area contributed by atoms with E-state index < -0.39 is 0 Å². The molecule has 5 heteroatoms. The van der Waals surface area contributed by atoms with Gasteiger partial charge < -0.3 is 15.4 Å². The summed E-state index contributed by atoms with van der Waals surface area (Å²) in [6, 6.07) is 7.85. The van der Waals surface area contributed by atoms with E-state index >= 15 is 0 Å². The summed E-state index contributed by atoms with van der Waals surface area (Å²) in [7, 11) is 0. The van der Waals surface area contributed by atoms with Crippen molar-refractivity contribution >= 4 is 17.5 Å². The number of aryl methyl sites for hydroxylation is 1. The molecule has 2 aromatic rings. The molecule has 1 heterocycles. The third-order valence-electron chi connectivity index (χ3n) is 6.84. The minimum Gasteiger partial charge on any atom is -0.393 e. The number of aromatic nitrogens is 1. The zero-order chi connectivity index (χ0) is 22.4. The second kappa shape index (κ2) is 11.2. The SMILES string of the molecule is Cc1cc(Cl)ccc1-c1cc(C(N)=O)c(C)n1CC1CCCCC1.OC1CCCCC1. The van der Waals surface area contributed by atoms with Gasteiger partial charge in [0.1, 0.15) is 0 Å². The number of rotatable bonds is 4. The lowest BCUT2D eigenvalue weighted by Gasteiger charge is -2.24. The predicted molar refractivity (Wildman–Crippen MR) is 129 cm³/mol. The van der Waals surface area contributed by atoms with Crippen LogP contribution in [0.15, 0.2) is 24.3 Å². The molecule has 3 N–H and O–H groups in total. The van der Waals surface area contributed by atoms with Gasteiger partial charge in [-0.25, -0.2) is 0 Å². The summed E-state index contributed by atoms with van der Waals surface area (Å²) in [5, 5.41) is 9.64. The number of halogens is 1. The Morgan fingerprint density at radius 3 is 2.16 bits per heavy atom. The van der Waals surface area contributed by atoms with Gasteiger partial charge in [-0.05, 0) is 69.2 Å². The maximum Gasteiger partial charge on any atom is 0.250 e. The van der Waals surface area contributed by atoms with Crippen molar-refractivity contribution in [3.05, 3.63) is 46.1 Å². The van der Waals surface area contributed by atoms with E-state index in [2.05, 4.69) is 11.5 Å². The van der Waals surface area contributed by atoms with Crippen LogP contribution >= 0.6 is 11.6 Å². The molecule has 31 heavy (non-hydrogen) atoms. The van der Waals surface area contributed by atoms with Crippen molar-refractivity contribution in [2.24, 2.45) is 11.7 Å². The molecule has 0 aliphatic heterocycles. The Morgan fingerprint density at radius 1 is 1.03 bits per heavy atom. The number of hydrogen-bond donors (Lipinski definition) is 2. The minimum atomic E-state index is -0.359. The van der Waals surface area contributed by atoms with Crippen LogP contribution in [0.5, 0.6) is 0 Å². The van der Waals surface area contributed by atoms with Gasteiger partial charge in [-0.1, -0.05) is 56.2 Å². The summed E-state index contributed by atoms with van der Waals surface area (Å²) >= 11 is 6.11. The molecule has 2 fully saturated rings. The highest BCUT2D eigenvalue weighted by Crippen LogP contribution is 2.33. The molecule has 0 atom stereocenters. The van der Waals surface area contributed by atoms with Crippen molar-refractivity contribution < 1.29 is 9.90 Å². The molecule has 0 bridgehead atoms. The molecule has 2 saturated carbocycles. The average molecular weight is 445 g/mol. The molecule has 4 rings (SSSR count). The number of carbonyl (C=O) groups excluding carboxylic acids is 1. The summed E-state index contributed by atoms with van der Waals surface area (Å²) in [5.41, 5.74) is 10.5. The maximum absolute atomic E-state index is 11.8. The van der Waals surface area contributed by atoms with E-state index in [0.717, 1.165) is 46.9 Å². The lowest BCUT2D eigenvalue weighted by atomic mass is 9.89. The number of hydrogen-bond acceptors (Lipinski definition) is 2. The van der Waals surface area contributed by atoms with E-state index in [1.165, 1.54) is 51.4 Å². The second-order valence-electron chi connectivity index (χ2n) is 9.26. The Morgan fingerprint density at radius 2 is 1.65 bits per heavy atom. The lowest BCUT2D eigenvalue weighted by molar-refractivity contribution is 0.0999. The first kappa shape index (κ1) is 23.9. The van der Waals surface area contributed by atoms with Crippen LogP contribution in [-0.2, 0) is 6.54 Å². The van der Waals surface area contributed by atoms with Gasteiger partial charge >= 0.3 is 0 Å². The zero-order valence-corrected chi connectivity index (χ0v) is 19.8. The number of amides is 1. The molecule has 2 aliphatic rings. The molecular formula is C26H37ClN2O2. The summed E-state index contributed by atoms with van der Waals surface area (Å²) in [6.07, 6.45) is 12.4. The third-order valence-corrected chi connectivity index (χ3v) is 7.07. The number of nitrogens with zero attached hydrogens (tertiary/aromatic N) is 1. The highest BCUT2D eigenvalue weighted by molar-refractivity contribution is 6.30. The fourth-order valence-corrected chi connectivity index (χ4v) is 5.20. The molecule has 170 valence electrons. The lowest BCUT2D eigenvalue weighted by Crippen LogP contribution is -2.17. The van der Waals surface area contributed by atoms with Crippen LogP contribution in [0.25, 0.3) is 11.3 Å². The first-order chi connectivity index (χ1) is 14.9. The Bertz CT molecular complexity index is 878. The molecule has 0 unspecified atom stereocenters. The number of primary amides is 1. The molecule has 1 aromatic carbocycles. The van der Waals surface area contributed by atoms with Crippen molar-refractivity contribution in [1.29, 1.82) is 0 Å². The second-order valence-corrected chi connectivity index (χ2v) is 9.70. The van der Waals surface area contributed by atoms with Gasteiger partial charge in [0.05, 0.1) is 11.7 Å². The van der Waals surface area contributed by atoms with Gasteiger partial charge in [0.2, 0.25) is 0 Å². The zero-order valence-electron chi connectivity index (χ0n) is 19.0. The number of benzene rings is 1. The number of aliphatic hydroxyl groups excluding tert-OH is 1. The molecular weight excluding hydrogens is 408 g/mol. The Balaban J connectivity index is 0.000000330. The Hall–Kier alpha value is -1.78. The van der Waals surface area contributed by atoms with E-state index in [4.69, 9.17) is 22.4 Å². The van der Waals surface area contributed by atoms with Crippen molar-refractivity contribution in [2.75, 3.05) is 0 Å². The molecule has 0 saturated heterocycles. The smallest absolute Gasteiger partial charge is 0.250 e. The van der Waals surface area contributed by atoms with Crippen LogP contribution in [0.4, 0.5) is 0 Å². The number of carbonyl (C=O) groups is 1. The number of nitrogens with two attached hydrogens (primary N) is 1. The quantitative estimate of drug-likeness (QED) is 0.571. The summed E-state index contributed by atoms with van der Waals surface area (Å²) in [5.74, 6) is 0.319. The van der Waals surface area contributed by atoms with Crippen LogP contribution < -0.4 is 5.73 Å². The van der Waals surface area contributed by atoms with E-state index in [1.54, 1.807) is 0 Å². The number of aliphatic hydroxyl groups is 1. The van der Waals surface area contributed by atoms with Crippen molar-refractivity contribution in [1.82, 2.24) is 4.57 Å². The first-order valence-corrected chi connectivity index (χ1v) is 12.2. The van der Waals surface area contributed by atoms with Crippen LogP contribution in [-0.4, -0.2) is 21.7 Å². The average Bonchev–Trinajstić information content (AvgIpc) is 3.06. The van der Waals surface area contributed by atoms with Crippen LogP contribution in [0.1, 0.15) is 85.8 Å². The van der Waals surface area contributed by atoms with Crippen LogP contribution in [0.2, 0.25) is 5.02 Å². The molecule has 4 nitrogen and oxygen atoms in total. The van der Waals surface area contributed by atoms with Gasteiger partial charge in [0, 0.05) is 28.5 Å². The fraction of sp³-hybridized carbons (Fsp3) is 0.577. The van der Waals surface area contributed by atoms with Crippen molar-refractivity contribution in [3.63, 3.8) is 0 Å². The van der Waals surface area contributed by atoms with E-state index in [0.29, 0.717) is 11.5 Å². The summed E-state index contributed by atoms with van der Waals surface area (Å²) in [4.78, 5) is 11.8. The van der Waals surface area contributed by atoms with E-state index in [-0.39, 0.29) is 12.0 Å². The summed E-state index contributed by atoms with van der Waals surface area (Å²) < 4.78 is 2.28. The topological polar surface area (TPSA) is 68.2 Å². The molecule has 0 radical (unpaired) electrons. The highest BCUT2D eigenvalue weighted by Gasteiger charge is 2.21. The molecule has 2 aliphatic carbocycles. The predicted octanol–water partition coefficient (Wildman–Crippen LogP) is 6.42. The third kappa shape index (κ3) is 6.36. The maximum atomic E-state index is 11.8. The Labute approximate surface area is 191 Å². The molecule has 1 aromatic heterocycles. The normalized spacial score (nSPS) is 17.8.